The van der Waals surface area contributed by atoms with Crippen molar-refractivity contribution >= 4 is 17.0 Å². The zero-order chi connectivity index (χ0) is 18.2. The SMILES string of the molecule is CCOc1ccc(N/C=C(\C(=O)c2ccccc2)c2ccccn2)cc1. The zero-order valence-electron chi connectivity index (χ0n) is 14.6. The summed E-state index contributed by atoms with van der Waals surface area (Å²) in [5.41, 5.74) is 2.62. The molecule has 0 radical (unpaired) electrons. The Morgan fingerprint density at radius 1 is 1.00 bits per heavy atom. The van der Waals surface area contributed by atoms with Crippen molar-refractivity contribution in [2.75, 3.05) is 11.9 Å². The summed E-state index contributed by atoms with van der Waals surface area (Å²) in [4.78, 5) is 17.3. The lowest BCUT2D eigenvalue weighted by Gasteiger charge is -2.09. The van der Waals surface area contributed by atoms with Crippen LogP contribution in [0.4, 0.5) is 5.69 Å². The standard InChI is InChI=1S/C22H20N2O2/c1-2-26-19-13-11-18(12-14-19)24-16-20(21-10-6-7-15-23-21)22(25)17-8-4-3-5-9-17/h3-16,24H,2H2,1H3/b20-16-. The molecule has 0 spiro atoms. The van der Waals surface area contributed by atoms with Gasteiger partial charge in [0.1, 0.15) is 5.75 Å². The molecule has 26 heavy (non-hydrogen) atoms. The summed E-state index contributed by atoms with van der Waals surface area (Å²) in [6.07, 6.45) is 3.38. The molecule has 1 N–H and O–H groups in total. The monoisotopic (exact) mass is 344 g/mol. The molecule has 0 fully saturated rings. The number of nitrogens with one attached hydrogen (secondary N) is 1. The number of anilines is 1. The Morgan fingerprint density at radius 2 is 1.73 bits per heavy atom. The van der Waals surface area contributed by atoms with Crippen LogP contribution in [0.15, 0.2) is 85.2 Å². The van der Waals surface area contributed by atoms with E-state index in [1.807, 2.05) is 67.6 Å². The Bertz CT molecular complexity index is 873. The molecule has 2 aromatic carbocycles. The molecule has 0 aliphatic carbocycles. The summed E-state index contributed by atoms with van der Waals surface area (Å²) in [5, 5.41) is 3.18. The number of allylic oxidation sites excluding steroid dienone is 1. The number of ether oxygens (including phenoxy) is 1. The number of carbonyl (C=O) groups excluding carboxylic acids is 1. The molecule has 1 aromatic heterocycles. The molecule has 4 nitrogen and oxygen atoms in total. The van der Waals surface area contributed by atoms with Crippen LogP contribution >= 0.6 is 0 Å². The summed E-state index contributed by atoms with van der Waals surface area (Å²) >= 11 is 0. The summed E-state index contributed by atoms with van der Waals surface area (Å²) in [6.45, 7) is 2.57. The van der Waals surface area contributed by atoms with Gasteiger partial charge in [-0.3, -0.25) is 9.78 Å². The zero-order valence-corrected chi connectivity index (χ0v) is 14.6. The van der Waals surface area contributed by atoms with Gasteiger partial charge in [-0.25, -0.2) is 0 Å². The van der Waals surface area contributed by atoms with E-state index in [4.69, 9.17) is 4.74 Å². The first-order chi connectivity index (χ1) is 12.8. The van der Waals surface area contributed by atoms with Gasteiger partial charge in [0.25, 0.3) is 0 Å². The topological polar surface area (TPSA) is 51.2 Å². The summed E-state index contributed by atoms with van der Waals surface area (Å²) in [6, 6.07) is 22.3. The fourth-order valence-corrected chi connectivity index (χ4v) is 2.49. The number of aromatic nitrogens is 1. The van der Waals surface area contributed by atoms with Crippen LogP contribution in [0.2, 0.25) is 0 Å². The Balaban J connectivity index is 1.88. The van der Waals surface area contributed by atoms with Crippen LogP contribution in [0.5, 0.6) is 5.75 Å². The Hall–Kier alpha value is -3.40. The second-order valence-corrected chi connectivity index (χ2v) is 5.57. The average Bonchev–Trinajstić information content (AvgIpc) is 2.71. The van der Waals surface area contributed by atoms with Crippen LogP contribution in [-0.4, -0.2) is 17.4 Å². The second-order valence-electron chi connectivity index (χ2n) is 5.57. The Morgan fingerprint density at radius 3 is 2.38 bits per heavy atom. The van der Waals surface area contributed by atoms with Crippen molar-refractivity contribution < 1.29 is 9.53 Å². The van der Waals surface area contributed by atoms with Crippen molar-refractivity contribution in [1.29, 1.82) is 0 Å². The molecule has 3 rings (SSSR count). The molecular formula is C22H20N2O2. The lowest BCUT2D eigenvalue weighted by Crippen LogP contribution is -2.06. The van der Waals surface area contributed by atoms with Gasteiger partial charge in [-0.1, -0.05) is 36.4 Å². The third kappa shape index (κ3) is 4.36. The van der Waals surface area contributed by atoms with Gasteiger partial charge in [-0.15, -0.1) is 0 Å². The molecule has 1 heterocycles. The average molecular weight is 344 g/mol. The third-order valence-corrected chi connectivity index (χ3v) is 3.77. The minimum Gasteiger partial charge on any atom is -0.494 e. The fourth-order valence-electron chi connectivity index (χ4n) is 2.49. The second kappa shape index (κ2) is 8.62. The van der Waals surface area contributed by atoms with Gasteiger partial charge in [0.2, 0.25) is 0 Å². The number of nitrogens with zero attached hydrogens (tertiary/aromatic N) is 1. The minimum absolute atomic E-state index is 0.0808. The number of ketones is 1. The molecule has 0 amide bonds. The van der Waals surface area contributed by atoms with Gasteiger partial charge in [-0.05, 0) is 43.3 Å². The quantitative estimate of drug-likeness (QED) is 0.493. The smallest absolute Gasteiger partial charge is 0.196 e. The molecule has 130 valence electrons. The van der Waals surface area contributed by atoms with Crippen molar-refractivity contribution in [2.45, 2.75) is 6.92 Å². The molecule has 4 heteroatoms. The summed E-state index contributed by atoms with van der Waals surface area (Å²) in [5.74, 6) is 0.732. The van der Waals surface area contributed by atoms with Crippen LogP contribution < -0.4 is 10.1 Å². The van der Waals surface area contributed by atoms with E-state index < -0.39 is 0 Å². The number of carbonyl (C=O) groups is 1. The molecular weight excluding hydrogens is 324 g/mol. The van der Waals surface area contributed by atoms with E-state index in [9.17, 15) is 4.79 Å². The van der Waals surface area contributed by atoms with Crippen LogP contribution in [-0.2, 0) is 0 Å². The highest BCUT2D eigenvalue weighted by molar-refractivity contribution is 6.28. The lowest BCUT2D eigenvalue weighted by atomic mass is 10.0. The molecule has 0 aliphatic rings. The van der Waals surface area contributed by atoms with Crippen LogP contribution in [0, 0.1) is 0 Å². The van der Waals surface area contributed by atoms with E-state index in [2.05, 4.69) is 10.3 Å². The number of hydrogen-bond donors (Lipinski definition) is 1. The molecule has 0 unspecified atom stereocenters. The van der Waals surface area contributed by atoms with E-state index in [0.717, 1.165) is 11.4 Å². The van der Waals surface area contributed by atoms with Crippen molar-refractivity contribution in [2.24, 2.45) is 0 Å². The number of rotatable bonds is 7. The Kier molecular flexibility index (Phi) is 5.78. The third-order valence-electron chi connectivity index (χ3n) is 3.77. The van der Waals surface area contributed by atoms with E-state index in [1.165, 1.54) is 0 Å². The molecule has 3 aromatic rings. The predicted octanol–water partition coefficient (Wildman–Crippen LogP) is 4.82. The van der Waals surface area contributed by atoms with Crippen molar-refractivity contribution in [3.05, 3.63) is 96.5 Å². The first-order valence-corrected chi connectivity index (χ1v) is 8.48. The van der Waals surface area contributed by atoms with Gasteiger partial charge >= 0.3 is 0 Å². The molecule has 0 atom stereocenters. The lowest BCUT2D eigenvalue weighted by molar-refractivity contribution is 0.105. The van der Waals surface area contributed by atoms with Crippen molar-refractivity contribution in [3.63, 3.8) is 0 Å². The highest BCUT2D eigenvalue weighted by Crippen LogP contribution is 2.20. The minimum atomic E-state index is -0.0808. The number of benzene rings is 2. The van der Waals surface area contributed by atoms with E-state index >= 15 is 0 Å². The van der Waals surface area contributed by atoms with Crippen molar-refractivity contribution in [3.8, 4) is 5.75 Å². The predicted molar refractivity (Wildman–Crippen MR) is 104 cm³/mol. The first-order valence-electron chi connectivity index (χ1n) is 8.48. The van der Waals surface area contributed by atoms with Crippen LogP contribution in [0.3, 0.4) is 0 Å². The summed E-state index contributed by atoms with van der Waals surface area (Å²) < 4.78 is 5.44. The number of pyridine rings is 1. The van der Waals surface area contributed by atoms with Crippen LogP contribution in [0.25, 0.3) is 5.57 Å². The molecule has 0 bridgehead atoms. The highest BCUT2D eigenvalue weighted by atomic mass is 16.5. The molecule has 0 saturated heterocycles. The highest BCUT2D eigenvalue weighted by Gasteiger charge is 2.15. The van der Waals surface area contributed by atoms with Gasteiger partial charge in [0, 0.05) is 23.6 Å². The maximum Gasteiger partial charge on any atom is 0.196 e. The number of hydrogen-bond acceptors (Lipinski definition) is 4. The maximum absolute atomic E-state index is 12.9. The van der Waals surface area contributed by atoms with Gasteiger partial charge in [-0.2, -0.15) is 0 Å². The van der Waals surface area contributed by atoms with Gasteiger partial charge in [0.05, 0.1) is 17.9 Å². The van der Waals surface area contributed by atoms with E-state index in [-0.39, 0.29) is 5.78 Å². The van der Waals surface area contributed by atoms with Gasteiger partial charge < -0.3 is 10.1 Å². The first kappa shape index (κ1) is 17.4. The largest absolute Gasteiger partial charge is 0.494 e. The normalized spacial score (nSPS) is 11.0. The van der Waals surface area contributed by atoms with Gasteiger partial charge in [0.15, 0.2) is 5.78 Å². The molecule has 0 aliphatic heterocycles. The Labute approximate surface area is 153 Å². The molecule has 0 saturated carbocycles. The van der Waals surface area contributed by atoms with E-state index in [0.29, 0.717) is 23.4 Å². The maximum atomic E-state index is 12.9. The number of Topliss-reactive ketones (excluding diaryl/α,β-unsaturated/α-hetero) is 1. The summed E-state index contributed by atoms with van der Waals surface area (Å²) in [7, 11) is 0. The van der Waals surface area contributed by atoms with Crippen LogP contribution in [0.1, 0.15) is 23.0 Å². The van der Waals surface area contributed by atoms with E-state index in [1.54, 1.807) is 24.5 Å². The fraction of sp³-hybridized carbons (Fsp3) is 0.0909. The van der Waals surface area contributed by atoms with Crippen molar-refractivity contribution in [1.82, 2.24) is 4.98 Å².